The summed E-state index contributed by atoms with van der Waals surface area (Å²) in [5.41, 5.74) is 2.22. The minimum atomic E-state index is -1.72. The summed E-state index contributed by atoms with van der Waals surface area (Å²) in [6.45, 7) is 1.77. The Labute approximate surface area is 174 Å². The molecular formula is C21H19FN2O3S2. The molecule has 3 heterocycles. The van der Waals surface area contributed by atoms with Gasteiger partial charge in [-0.2, -0.15) is 4.72 Å². The molecule has 1 fully saturated rings. The molecule has 8 heteroatoms. The number of halogens is 1. The second-order valence-corrected chi connectivity index (χ2v) is 9.47. The summed E-state index contributed by atoms with van der Waals surface area (Å²) in [6.07, 6.45) is 3.12. The minimum Gasteiger partial charge on any atom is -0.588 e. The molecular weight excluding hydrogens is 411 g/mol. The normalized spacial score (nSPS) is 17.0. The maximum Gasteiger partial charge on any atom is 0.328 e. The fourth-order valence-electron chi connectivity index (χ4n) is 3.65. The minimum absolute atomic E-state index is 0.0505. The van der Waals surface area contributed by atoms with Crippen LogP contribution < -0.4 is 9.62 Å². The van der Waals surface area contributed by atoms with E-state index in [0.717, 1.165) is 54.3 Å². The number of rotatable bonds is 4. The number of aryl methyl sites for hydroxylation is 1. The Morgan fingerprint density at radius 3 is 2.90 bits per heavy atom. The van der Waals surface area contributed by atoms with Gasteiger partial charge in [-0.05, 0) is 42.7 Å². The van der Waals surface area contributed by atoms with Gasteiger partial charge in [0, 0.05) is 30.9 Å². The van der Waals surface area contributed by atoms with Crippen LogP contribution in [0.2, 0.25) is 0 Å². The van der Waals surface area contributed by atoms with Crippen molar-refractivity contribution in [3.8, 4) is 0 Å². The zero-order chi connectivity index (χ0) is 20.0. The standard InChI is InChI=1S/C21H19FN2O3S2/c22-16-10-14(24-7-3-8-24)11-17-15(16)12-18(27-17)21(25)23-29(26)19-6-1-4-13-5-2-9-28-20(13)19/h1,4,6,10-12H,2-3,5,7-9H2,(H,23,25). The smallest absolute Gasteiger partial charge is 0.328 e. The van der Waals surface area contributed by atoms with Crippen LogP contribution in [-0.2, 0) is 17.8 Å². The zero-order valence-corrected chi connectivity index (χ0v) is 17.2. The van der Waals surface area contributed by atoms with Crippen LogP contribution in [0.4, 0.5) is 10.1 Å². The number of amides is 1. The molecule has 1 N–H and O–H groups in total. The number of carbonyl (C=O) groups excluding carboxylic acids is 1. The third-order valence-corrected chi connectivity index (χ3v) is 7.80. The lowest BCUT2D eigenvalue weighted by molar-refractivity contribution is 0.0956. The molecule has 1 saturated heterocycles. The third-order valence-electron chi connectivity index (χ3n) is 5.30. The van der Waals surface area contributed by atoms with Gasteiger partial charge in [0.1, 0.15) is 22.8 Å². The van der Waals surface area contributed by atoms with Crippen LogP contribution in [-0.4, -0.2) is 29.3 Å². The van der Waals surface area contributed by atoms with Crippen LogP contribution >= 0.6 is 11.8 Å². The highest BCUT2D eigenvalue weighted by Crippen LogP contribution is 2.35. The van der Waals surface area contributed by atoms with Crippen molar-refractivity contribution in [2.24, 2.45) is 0 Å². The van der Waals surface area contributed by atoms with E-state index in [1.54, 1.807) is 23.9 Å². The van der Waals surface area contributed by atoms with Gasteiger partial charge in [0.05, 0.1) is 10.3 Å². The number of carbonyl (C=O) groups is 1. The average Bonchev–Trinajstić information content (AvgIpc) is 3.11. The molecule has 0 aliphatic carbocycles. The summed E-state index contributed by atoms with van der Waals surface area (Å²) in [4.78, 5) is 16.3. The van der Waals surface area contributed by atoms with E-state index in [-0.39, 0.29) is 11.1 Å². The van der Waals surface area contributed by atoms with E-state index < -0.39 is 23.1 Å². The number of nitrogens with zero attached hydrogens (tertiary/aromatic N) is 1. The zero-order valence-electron chi connectivity index (χ0n) is 15.6. The van der Waals surface area contributed by atoms with Gasteiger partial charge < -0.3 is 13.9 Å². The molecule has 1 atom stereocenters. The van der Waals surface area contributed by atoms with Crippen molar-refractivity contribution in [2.45, 2.75) is 29.1 Å². The lowest BCUT2D eigenvalue weighted by atomic mass is 10.1. The maximum absolute atomic E-state index is 14.5. The number of furan rings is 1. The van der Waals surface area contributed by atoms with E-state index in [0.29, 0.717) is 10.5 Å². The van der Waals surface area contributed by atoms with Crippen LogP contribution in [0.5, 0.6) is 0 Å². The van der Waals surface area contributed by atoms with Gasteiger partial charge in [-0.25, -0.2) is 4.39 Å². The van der Waals surface area contributed by atoms with Gasteiger partial charge in [0.2, 0.25) is 0 Å². The molecule has 2 aromatic carbocycles. The van der Waals surface area contributed by atoms with Crippen LogP contribution in [0.1, 0.15) is 29.0 Å². The largest absolute Gasteiger partial charge is 0.588 e. The van der Waals surface area contributed by atoms with E-state index in [2.05, 4.69) is 9.62 Å². The van der Waals surface area contributed by atoms with Gasteiger partial charge >= 0.3 is 5.91 Å². The Balaban J connectivity index is 1.39. The summed E-state index contributed by atoms with van der Waals surface area (Å²) < 4.78 is 35.4. The molecule has 1 aromatic heterocycles. The molecule has 3 aromatic rings. The molecule has 5 nitrogen and oxygen atoms in total. The Kier molecular flexibility index (Phi) is 4.93. The first kappa shape index (κ1) is 18.8. The molecule has 2 aliphatic rings. The van der Waals surface area contributed by atoms with Gasteiger partial charge in [-0.3, -0.25) is 4.79 Å². The molecule has 29 heavy (non-hydrogen) atoms. The fraction of sp³-hybridized carbons (Fsp3) is 0.286. The average molecular weight is 431 g/mol. The lowest BCUT2D eigenvalue weighted by Gasteiger charge is -2.33. The van der Waals surface area contributed by atoms with Crippen molar-refractivity contribution >= 4 is 45.7 Å². The summed E-state index contributed by atoms with van der Waals surface area (Å²) in [6, 6.07) is 10.2. The number of benzene rings is 2. The predicted molar refractivity (Wildman–Crippen MR) is 112 cm³/mol. The van der Waals surface area contributed by atoms with Crippen LogP contribution in [0.25, 0.3) is 11.0 Å². The van der Waals surface area contributed by atoms with E-state index in [4.69, 9.17) is 4.42 Å². The molecule has 0 saturated carbocycles. The molecule has 0 radical (unpaired) electrons. The first-order chi connectivity index (χ1) is 14.1. The van der Waals surface area contributed by atoms with Crippen molar-refractivity contribution in [1.82, 2.24) is 4.72 Å². The first-order valence-electron chi connectivity index (χ1n) is 9.55. The summed E-state index contributed by atoms with van der Waals surface area (Å²) in [5, 5.41) is 0.248. The van der Waals surface area contributed by atoms with Gasteiger partial charge in [-0.15, -0.1) is 11.8 Å². The van der Waals surface area contributed by atoms with E-state index in [1.807, 2.05) is 12.1 Å². The van der Waals surface area contributed by atoms with Gasteiger partial charge in [0.15, 0.2) is 10.7 Å². The summed E-state index contributed by atoms with van der Waals surface area (Å²) in [7, 11) is 0. The van der Waals surface area contributed by atoms with Crippen molar-refractivity contribution in [2.75, 3.05) is 23.7 Å². The quantitative estimate of drug-likeness (QED) is 0.626. The topological polar surface area (TPSA) is 68.5 Å². The van der Waals surface area contributed by atoms with Crippen LogP contribution in [0.15, 0.2) is 50.6 Å². The molecule has 0 spiro atoms. The number of nitrogens with one attached hydrogen (secondary N) is 1. The van der Waals surface area contributed by atoms with Gasteiger partial charge in [-0.1, -0.05) is 12.1 Å². The Morgan fingerprint density at radius 2 is 2.10 bits per heavy atom. The second kappa shape index (κ2) is 7.59. The van der Waals surface area contributed by atoms with Crippen molar-refractivity contribution < 1.29 is 18.2 Å². The lowest BCUT2D eigenvalue weighted by Crippen LogP contribution is -2.36. The molecule has 1 amide bonds. The third kappa shape index (κ3) is 3.49. The van der Waals surface area contributed by atoms with Gasteiger partial charge in [0.25, 0.3) is 0 Å². The number of fused-ring (bicyclic) bond motifs is 2. The fourth-order valence-corrected chi connectivity index (χ4v) is 5.99. The maximum atomic E-state index is 14.5. The molecule has 5 rings (SSSR count). The first-order valence-corrected chi connectivity index (χ1v) is 11.7. The number of hydrogen-bond donors (Lipinski definition) is 1. The van der Waals surface area contributed by atoms with E-state index >= 15 is 0 Å². The van der Waals surface area contributed by atoms with Crippen molar-refractivity contribution in [1.29, 1.82) is 0 Å². The number of thioether (sulfide) groups is 1. The molecule has 2 aliphatic heterocycles. The SMILES string of the molecule is O=C(N[S+]([O-])c1cccc2c1SCCC2)c1cc2c(F)cc(N3CCC3)cc2o1. The summed E-state index contributed by atoms with van der Waals surface area (Å²) in [5.74, 6) is -0.132. The molecule has 1 unspecified atom stereocenters. The van der Waals surface area contributed by atoms with Crippen LogP contribution in [0.3, 0.4) is 0 Å². The van der Waals surface area contributed by atoms with Crippen molar-refractivity contribution in [3.05, 3.63) is 53.5 Å². The van der Waals surface area contributed by atoms with Crippen molar-refractivity contribution in [3.63, 3.8) is 0 Å². The second-order valence-electron chi connectivity index (χ2n) is 7.19. The molecule has 150 valence electrons. The highest BCUT2D eigenvalue weighted by molar-refractivity contribution is 8.00. The molecule has 0 bridgehead atoms. The Bertz CT molecular complexity index is 1100. The highest BCUT2D eigenvalue weighted by atomic mass is 32.2. The Morgan fingerprint density at radius 1 is 1.24 bits per heavy atom. The number of anilines is 1. The predicted octanol–water partition coefficient (Wildman–Crippen LogP) is 4.27. The number of hydrogen-bond acceptors (Lipinski definition) is 5. The Hall–Kier alpha value is -2.16. The van der Waals surface area contributed by atoms with Crippen LogP contribution in [0, 0.1) is 5.82 Å². The van der Waals surface area contributed by atoms with E-state index in [9.17, 15) is 13.7 Å². The van der Waals surface area contributed by atoms with E-state index in [1.165, 1.54) is 12.1 Å². The summed E-state index contributed by atoms with van der Waals surface area (Å²) >= 11 is -0.0546. The monoisotopic (exact) mass is 430 g/mol. The highest BCUT2D eigenvalue weighted by Gasteiger charge is 2.26.